The summed E-state index contributed by atoms with van der Waals surface area (Å²) in [6, 6.07) is 0.0201. The molecule has 2 N–H and O–H groups in total. The van der Waals surface area contributed by atoms with Gasteiger partial charge in [0.15, 0.2) is 0 Å². The van der Waals surface area contributed by atoms with Crippen molar-refractivity contribution in [2.24, 2.45) is 5.41 Å². The van der Waals surface area contributed by atoms with Gasteiger partial charge >= 0.3 is 0 Å². The molecule has 18 heavy (non-hydrogen) atoms. The van der Waals surface area contributed by atoms with Crippen LogP contribution in [0.1, 0.15) is 40.5 Å². The van der Waals surface area contributed by atoms with Gasteiger partial charge in [-0.3, -0.25) is 9.59 Å². The smallest absolute Gasteiger partial charge is 0.225 e. The fraction of sp³-hybridized carbons (Fsp3) is 0.846. The van der Waals surface area contributed by atoms with E-state index in [0.717, 1.165) is 0 Å². The number of nitrogens with one attached hydrogen (secondary N) is 2. The van der Waals surface area contributed by atoms with E-state index < -0.39 is 0 Å². The van der Waals surface area contributed by atoms with Crippen molar-refractivity contribution in [3.63, 3.8) is 0 Å². The molecule has 0 fully saturated rings. The molecule has 106 valence electrons. The predicted octanol–water partition coefficient (Wildman–Crippen LogP) is 1.08. The molecule has 1 atom stereocenters. The Kier molecular flexibility index (Phi) is 7.59. The van der Waals surface area contributed by atoms with Crippen LogP contribution in [0.3, 0.4) is 0 Å². The Morgan fingerprint density at radius 3 is 2.39 bits per heavy atom. The highest BCUT2D eigenvalue weighted by atomic mass is 16.5. The number of rotatable bonds is 7. The van der Waals surface area contributed by atoms with Crippen molar-refractivity contribution >= 4 is 11.8 Å². The SMILES string of the molecule is COCC(C)NC(=O)CCCNC(=O)C(C)(C)C. The number of ether oxygens (including phenoxy) is 1. The first kappa shape index (κ1) is 16.9. The molecule has 0 saturated carbocycles. The summed E-state index contributed by atoms with van der Waals surface area (Å²) < 4.78 is 4.93. The van der Waals surface area contributed by atoms with Gasteiger partial charge in [0.1, 0.15) is 0 Å². The van der Waals surface area contributed by atoms with Crippen molar-refractivity contribution in [2.45, 2.75) is 46.6 Å². The van der Waals surface area contributed by atoms with Gasteiger partial charge in [0.2, 0.25) is 11.8 Å². The van der Waals surface area contributed by atoms with Gasteiger partial charge in [-0.2, -0.15) is 0 Å². The molecule has 0 saturated heterocycles. The van der Waals surface area contributed by atoms with Crippen LogP contribution >= 0.6 is 0 Å². The number of methoxy groups -OCH3 is 1. The highest BCUT2D eigenvalue weighted by molar-refractivity contribution is 5.81. The van der Waals surface area contributed by atoms with Crippen LogP contribution in [0.15, 0.2) is 0 Å². The van der Waals surface area contributed by atoms with Crippen molar-refractivity contribution in [3.05, 3.63) is 0 Å². The third kappa shape index (κ3) is 8.06. The van der Waals surface area contributed by atoms with Gasteiger partial charge in [-0.15, -0.1) is 0 Å². The molecule has 0 bridgehead atoms. The lowest BCUT2D eigenvalue weighted by Crippen LogP contribution is -2.37. The van der Waals surface area contributed by atoms with E-state index in [9.17, 15) is 9.59 Å². The molecule has 5 heteroatoms. The first-order chi connectivity index (χ1) is 8.27. The zero-order chi connectivity index (χ0) is 14.2. The zero-order valence-corrected chi connectivity index (χ0v) is 12.1. The maximum atomic E-state index is 11.5. The Balaban J connectivity index is 3.67. The minimum atomic E-state index is -0.380. The van der Waals surface area contributed by atoms with E-state index in [4.69, 9.17) is 4.74 Å². The van der Waals surface area contributed by atoms with Gasteiger partial charge in [0, 0.05) is 31.5 Å². The van der Waals surface area contributed by atoms with E-state index in [2.05, 4.69) is 10.6 Å². The molecule has 5 nitrogen and oxygen atoms in total. The molecule has 2 amide bonds. The van der Waals surface area contributed by atoms with Crippen molar-refractivity contribution < 1.29 is 14.3 Å². The van der Waals surface area contributed by atoms with Gasteiger partial charge in [0.05, 0.1) is 6.61 Å². The van der Waals surface area contributed by atoms with Crippen LogP contribution in [0, 0.1) is 5.41 Å². The second-order valence-electron chi connectivity index (χ2n) is 5.53. The molecule has 0 aromatic carbocycles. The molecule has 0 aliphatic carbocycles. The third-order valence-corrected chi connectivity index (χ3v) is 2.37. The summed E-state index contributed by atoms with van der Waals surface area (Å²) in [4.78, 5) is 23.0. The second kappa shape index (κ2) is 8.08. The van der Waals surface area contributed by atoms with E-state index in [0.29, 0.717) is 26.0 Å². The van der Waals surface area contributed by atoms with Crippen molar-refractivity contribution in [1.29, 1.82) is 0 Å². The van der Waals surface area contributed by atoms with E-state index in [-0.39, 0.29) is 23.3 Å². The molecule has 0 spiro atoms. The fourth-order valence-corrected chi connectivity index (χ4v) is 1.35. The molecule has 0 aliphatic heterocycles. The van der Waals surface area contributed by atoms with E-state index in [1.807, 2.05) is 27.7 Å². The van der Waals surface area contributed by atoms with Crippen LogP contribution in [-0.4, -0.2) is 38.1 Å². The van der Waals surface area contributed by atoms with Gasteiger partial charge in [-0.1, -0.05) is 20.8 Å². The molecule has 1 unspecified atom stereocenters. The Bertz CT molecular complexity index is 272. The Hall–Kier alpha value is -1.10. The maximum absolute atomic E-state index is 11.5. The first-order valence-electron chi connectivity index (χ1n) is 6.34. The number of amides is 2. The van der Waals surface area contributed by atoms with E-state index in [1.165, 1.54) is 0 Å². The summed E-state index contributed by atoms with van der Waals surface area (Å²) in [6.07, 6.45) is 1.06. The minimum Gasteiger partial charge on any atom is -0.383 e. The Morgan fingerprint density at radius 1 is 1.28 bits per heavy atom. The number of hydrogen-bond acceptors (Lipinski definition) is 3. The number of carbonyl (C=O) groups is 2. The molecular weight excluding hydrogens is 232 g/mol. The summed E-state index contributed by atoms with van der Waals surface area (Å²) in [7, 11) is 1.60. The first-order valence-corrected chi connectivity index (χ1v) is 6.34. The van der Waals surface area contributed by atoms with Gasteiger partial charge in [-0.25, -0.2) is 0 Å². The largest absolute Gasteiger partial charge is 0.383 e. The van der Waals surface area contributed by atoms with Crippen LogP contribution < -0.4 is 10.6 Å². The van der Waals surface area contributed by atoms with Gasteiger partial charge < -0.3 is 15.4 Å². The normalized spacial score (nSPS) is 12.9. The number of hydrogen-bond donors (Lipinski definition) is 2. The lowest BCUT2D eigenvalue weighted by atomic mass is 9.96. The van der Waals surface area contributed by atoms with Gasteiger partial charge in [0.25, 0.3) is 0 Å². The average Bonchev–Trinajstić information content (AvgIpc) is 2.22. The Labute approximate surface area is 110 Å². The predicted molar refractivity (Wildman–Crippen MR) is 71.2 cm³/mol. The summed E-state index contributed by atoms with van der Waals surface area (Å²) in [6.45, 7) is 8.52. The summed E-state index contributed by atoms with van der Waals surface area (Å²) in [5.74, 6) is 0.000201. The van der Waals surface area contributed by atoms with Crippen LogP contribution in [0.4, 0.5) is 0 Å². The second-order valence-corrected chi connectivity index (χ2v) is 5.53. The van der Waals surface area contributed by atoms with Crippen LogP contribution in [-0.2, 0) is 14.3 Å². The van der Waals surface area contributed by atoms with Crippen molar-refractivity contribution in [2.75, 3.05) is 20.3 Å². The van der Waals surface area contributed by atoms with Crippen molar-refractivity contribution in [3.8, 4) is 0 Å². The zero-order valence-electron chi connectivity index (χ0n) is 12.1. The molecule has 0 heterocycles. The lowest BCUT2D eigenvalue weighted by molar-refractivity contribution is -0.128. The van der Waals surface area contributed by atoms with Crippen LogP contribution in [0.25, 0.3) is 0 Å². The standard InChI is InChI=1S/C13H26N2O3/c1-10(9-18-5)15-11(16)7-6-8-14-12(17)13(2,3)4/h10H,6-9H2,1-5H3,(H,14,17)(H,15,16). The maximum Gasteiger partial charge on any atom is 0.225 e. The van der Waals surface area contributed by atoms with E-state index in [1.54, 1.807) is 7.11 Å². The molecular formula is C13H26N2O3. The third-order valence-electron chi connectivity index (χ3n) is 2.37. The Morgan fingerprint density at radius 2 is 1.89 bits per heavy atom. The van der Waals surface area contributed by atoms with Crippen LogP contribution in [0.5, 0.6) is 0 Å². The molecule has 0 aromatic rings. The fourth-order valence-electron chi connectivity index (χ4n) is 1.35. The van der Waals surface area contributed by atoms with E-state index >= 15 is 0 Å². The molecule has 0 rings (SSSR count). The summed E-state index contributed by atoms with van der Waals surface area (Å²) >= 11 is 0. The molecule has 0 aliphatic rings. The highest BCUT2D eigenvalue weighted by Gasteiger charge is 2.20. The topological polar surface area (TPSA) is 67.4 Å². The quantitative estimate of drug-likeness (QED) is 0.671. The van der Waals surface area contributed by atoms with Gasteiger partial charge in [-0.05, 0) is 13.3 Å². The highest BCUT2D eigenvalue weighted by Crippen LogP contribution is 2.12. The lowest BCUT2D eigenvalue weighted by Gasteiger charge is -2.17. The van der Waals surface area contributed by atoms with Crippen LogP contribution in [0.2, 0.25) is 0 Å². The monoisotopic (exact) mass is 258 g/mol. The average molecular weight is 258 g/mol. The van der Waals surface area contributed by atoms with Crippen molar-refractivity contribution in [1.82, 2.24) is 10.6 Å². The molecule has 0 aromatic heterocycles. The minimum absolute atomic E-state index is 0.00967. The summed E-state index contributed by atoms with van der Waals surface area (Å²) in [5.41, 5.74) is -0.380. The number of carbonyl (C=O) groups excluding carboxylic acids is 2. The molecule has 0 radical (unpaired) electrons. The summed E-state index contributed by atoms with van der Waals surface area (Å²) in [5, 5.41) is 5.64.